The van der Waals surface area contributed by atoms with Gasteiger partial charge in [0.05, 0.1) is 16.3 Å². The molecule has 17 heavy (non-hydrogen) atoms. The summed E-state index contributed by atoms with van der Waals surface area (Å²) >= 11 is 0. The number of aliphatic hydroxyl groups excluding tert-OH is 1. The van der Waals surface area contributed by atoms with Crippen LogP contribution in [0, 0.1) is 10.1 Å². The average Bonchev–Trinajstić information content (AvgIpc) is 2.78. The molecule has 1 heterocycles. The smallest absolute Gasteiger partial charge is 0.271 e. The van der Waals surface area contributed by atoms with Gasteiger partial charge in [0, 0.05) is 31.4 Å². The van der Waals surface area contributed by atoms with E-state index in [0.717, 1.165) is 5.69 Å². The molecular formula is C11H11N3O3. The largest absolute Gasteiger partial charge is 0.396 e. The van der Waals surface area contributed by atoms with E-state index in [1.807, 2.05) is 0 Å². The minimum Gasteiger partial charge on any atom is -0.396 e. The van der Waals surface area contributed by atoms with E-state index in [-0.39, 0.29) is 12.3 Å². The van der Waals surface area contributed by atoms with Crippen LogP contribution in [0.5, 0.6) is 0 Å². The van der Waals surface area contributed by atoms with Crippen molar-refractivity contribution >= 4 is 5.69 Å². The maximum atomic E-state index is 10.6. The molecule has 1 aromatic heterocycles. The first-order valence-corrected chi connectivity index (χ1v) is 5.11. The highest BCUT2D eigenvalue weighted by Gasteiger charge is 2.07. The van der Waals surface area contributed by atoms with Gasteiger partial charge < -0.3 is 5.11 Å². The monoisotopic (exact) mass is 233 g/mol. The first kappa shape index (κ1) is 11.3. The first-order chi connectivity index (χ1) is 8.20. The number of aliphatic hydroxyl groups is 1. The Labute approximate surface area is 97.3 Å². The third kappa shape index (κ3) is 2.48. The quantitative estimate of drug-likeness (QED) is 0.637. The van der Waals surface area contributed by atoms with Crippen molar-refractivity contribution in [2.45, 2.75) is 6.42 Å². The van der Waals surface area contributed by atoms with E-state index in [2.05, 4.69) is 5.10 Å². The fraction of sp³-hybridized carbons (Fsp3) is 0.182. The standard InChI is InChI=1S/C11H11N3O3/c15-7-5-9-4-6-13(12-9)10-2-1-3-11(8-10)14(16)17/h1-4,6,8,15H,5,7H2. The zero-order valence-corrected chi connectivity index (χ0v) is 8.98. The van der Waals surface area contributed by atoms with Gasteiger partial charge in [-0.25, -0.2) is 4.68 Å². The van der Waals surface area contributed by atoms with Crippen LogP contribution in [0.15, 0.2) is 36.5 Å². The van der Waals surface area contributed by atoms with Crippen molar-refractivity contribution in [2.75, 3.05) is 6.61 Å². The Morgan fingerprint density at radius 3 is 2.94 bits per heavy atom. The number of benzene rings is 1. The van der Waals surface area contributed by atoms with Crippen molar-refractivity contribution in [3.63, 3.8) is 0 Å². The minimum absolute atomic E-state index is 0.0294. The summed E-state index contributed by atoms with van der Waals surface area (Å²) in [5, 5.41) is 23.6. The summed E-state index contributed by atoms with van der Waals surface area (Å²) < 4.78 is 1.55. The van der Waals surface area contributed by atoms with Gasteiger partial charge in [0.1, 0.15) is 0 Å². The van der Waals surface area contributed by atoms with Crippen LogP contribution in [-0.2, 0) is 6.42 Å². The van der Waals surface area contributed by atoms with Gasteiger partial charge in [-0.3, -0.25) is 10.1 Å². The van der Waals surface area contributed by atoms with Gasteiger partial charge in [-0.2, -0.15) is 5.10 Å². The molecule has 0 saturated heterocycles. The van der Waals surface area contributed by atoms with Crippen LogP contribution in [0.2, 0.25) is 0 Å². The van der Waals surface area contributed by atoms with Crippen molar-refractivity contribution < 1.29 is 10.0 Å². The van der Waals surface area contributed by atoms with E-state index < -0.39 is 4.92 Å². The molecule has 1 aromatic carbocycles. The highest BCUT2D eigenvalue weighted by molar-refractivity contribution is 5.42. The van der Waals surface area contributed by atoms with Crippen LogP contribution >= 0.6 is 0 Å². The second-order valence-corrected chi connectivity index (χ2v) is 3.50. The maximum absolute atomic E-state index is 10.6. The molecule has 0 spiro atoms. The predicted octanol–water partition coefficient (Wildman–Crippen LogP) is 1.32. The van der Waals surface area contributed by atoms with Gasteiger partial charge in [-0.05, 0) is 12.1 Å². The highest BCUT2D eigenvalue weighted by atomic mass is 16.6. The molecule has 0 radical (unpaired) electrons. The highest BCUT2D eigenvalue weighted by Crippen LogP contribution is 2.16. The summed E-state index contributed by atoms with van der Waals surface area (Å²) in [4.78, 5) is 10.2. The minimum atomic E-state index is -0.443. The van der Waals surface area contributed by atoms with Crippen LogP contribution < -0.4 is 0 Å². The number of non-ortho nitro benzene ring substituents is 1. The van der Waals surface area contributed by atoms with Crippen LogP contribution in [0.4, 0.5) is 5.69 Å². The molecule has 0 atom stereocenters. The fourth-order valence-electron chi connectivity index (χ4n) is 1.50. The molecule has 1 N–H and O–H groups in total. The Morgan fingerprint density at radius 2 is 2.24 bits per heavy atom. The summed E-state index contributed by atoms with van der Waals surface area (Å²) in [7, 11) is 0. The Morgan fingerprint density at radius 1 is 1.41 bits per heavy atom. The summed E-state index contributed by atoms with van der Waals surface area (Å²) in [6.45, 7) is 0.0337. The fourth-order valence-corrected chi connectivity index (χ4v) is 1.50. The molecule has 0 amide bonds. The van der Waals surface area contributed by atoms with Crippen molar-refractivity contribution in [1.29, 1.82) is 0 Å². The summed E-state index contributed by atoms with van der Waals surface area (Å²) in [6.07, 6.45) is 2.19. The lowest BCUT2D eigenvalue weighted by Crippen LogP contribution is -1.98. The number of aromatic nitrogens is 2. The number of nitrogens with zero attached hydrogens (tertiary/aromatic N) is 3. The SMILES string of the molecule is O=[N+]([O-])c1cccc(-n2ccc(CCO)n2)c1. The van der Waals surface area contributed by atoms with E-state index in [9.17, 15) is 10.1 Å². The Bertz CT molecular complexity index is 536. The Balaban J connectivity index is 2.32. The summed E-state index contributed by atoms with van der Waals surface area (Å²) in [5.74, 6) is 0. The molecule has 6 heteroatoms. The van der Waals surface area contributed by atoms with E-state index in [4.69, 9.17) is 5.11 Å². The van der Waals surface area contributed by atoms with Crippen LogP contribution in [-0.4, -0.2) is 26.4 Å². The molecule has 0 saturated carbocycles. The van der Waals surface area contributed by atoms with Crippen LogP contribution in [0.25, 0.3) is 5.69 Å². The van der Waals surface area contributed by atoms with Gasteiger partial charge in [0.15, 0.2) is 0 Å². The number of nitro benzene ring substituents is 1. The number of rotatable bonds is 4. The zero-order valence-electron chi connectivity index (χ0n) is 8.98. The van der Waals surface area contributed by atoms with Gasteiger partial charge in [0.2, 0.25) is 0 Å². The Hall–Kier alpha value is -2.21. The topological polar surface area (TPSA) is 81.2 Å². The zero-order chi connectivity index (χ0) is 12.3. The van der Waals surface area contributed by atoms with E-state index in [0.29, 0.717) is 12.1 Å². The van der Waals surface area contributed by atoms with Crippen molar-refractivity contribution in [3.05, 3.63) is 52.3 Å². The normalized spacial score (nSPS) is 10.4. The molecule has 0 aliphatic carbocycles. The van der Waals surface area contributed by atoms with E-state index in [1.165, 1.54) is 12.1 Å². The van der Waals surface area contributed by atoms with Crippen LogP contribution in [0.1, 0.15) is 5.69 Å². The lowest BCUT2D eigenvalue weighted by Gasteiger charge is -2.00. The van der Waals surface area contributed by atoms with E-state index in [1.54, 1.807) is 29.1 Å². The van der Waals surface area contributed by atoms with Crippen LogP contribution in [0.3, 0.4) is 0 Å². The number of hydrogen-bond donors (Lipinski definition) is 1. The molecule has 2 rings (SSSR count). The molecular weight excluding hydrogens is 222 g/mol. The average molecular weight is 233 g/mol. The predicted molar refractivity (Wildman–Crippen MR) is 61.0 cm³/mol. The van der Waals surface area contributed by atoms with Crippen molar-refractivity contribution in [3.8, 4) is 5.69 Å². The van der Waals surface area contributed by atoms with Gasteiger partial charge in [0.25, 0.3) is 5.69 Å². The second-order valence-electron chi connectivity index (χ2n) is 3.50. The van der Waals surface area contributed by atoms with Gasteiger partial charge in [-0.1, -0.05) is 6.07 Å². The lowest BCUT2D eigenvalue weighted by molar-refractivity contribution is -0.384. The molecule has 0 fully saturated rings. The molecule has 88 valence electrons. The molecule has 2 aromatic rings. The summed E-state index contributed by atoms with van der Waals surface area (Å²) in [5.41, 5.74) is 1.41. The lowest BCUT2D eigenvalue weighted by atomic mass is 10.3. The number of nitro groups is 1. The second kappa shape index (κ2) is 4.75. The van der Waals surface area contributed by atoms with Gasteiger partial charge >= 0.3 is 0 Å². The third-order valence-corrected chi connectivity index (χ3v) is 2.32. The maximum Gasteiger partial charge on any atom is 0.271 e. The molecule has 0 aliphatic heterocycles. The molecule has 0 aliphatic rings. The number of hydrogen-bond acceptors (Lipinski definition) is 4. The molecule has 6 nitrogen and oxygen atoms in total. The van der Waals surface area contributed by atoms with Crippen molar-refractivity contribution in [2.24, 2.45) is 0 Å². The Kier molecular flexibility index (Phi) is 3.15. The molecule has 0 unspecified atom stereocenters. The van der Waals surface area contributed by atoms with E-state index >= 15 is 0 Å². The van der Waals surface area contributed by atoms with Crippen molar-refractivity contribution in [1.82, 2.24) is 9.78 Å². The van der Waals surface area contributed by atoms with Gasteiger partial charge in [-0.15, -0.1) is 0 Å². The summed E-state index contributed by atoms with van der Waals surface area (Å²) in [6, 6.07) is 8.01. The first-order valence-electron chi connectivity index (χ1n) is 5.11. The molecule has 0 bridgehead atoms. The third-order valence-electron chi connectivity index (χ3n) is 2.32.